The van der Waals surface area contributed by atoms with Crippen LogP contribution in [0.1, 0.15) is 12.5 Å². The van der Waals surface area contributed by atoms with Crippen molar-refractivity contribution >= 4 is 21.8 Å². The fraction of sp³-hybridized carbons (Fsp3) is 0.571. The van der Waals surface area contributed by atoms with Crippen molar-refractivity contribution in [1.82, 2.24) is 6.15 Å². The van der Waals surface area contributed by atoms with Crippen LogP contribution in [0.5, 0.6) is 0 Å². The number of nitrogens with zero attached hydrogens (tertiary/aromatic N) is 3. The van der Waals surface area contributed by atoms with Crippen LogP contribution >= 0.6 is 0 Å². The van der Waals surface area contributed by atoms with E-state index in [1.165, 1.54) is 5.56 Å². The smallest absolute Gasteiger partial charge is 0.344 e. The summed E-state index contributed by atoms with van der Waals surface area (Å²) in [5, 5.41) is 10.9. The summed E-state index contributed by atoms with van der Waals surface area (Å²) in [5.74, 6) is 0. The summed E-state index contributed by atoms with van der Waals surface area (Å²) in [7, 11) is 3.13. The summed E-state index contributed by atoms with van der Waals surface area (Å²) >= 11 is 0. The Morgan fingerprint density at radius 3 is 2.28 bits per heavy atom. The molecule has 1 aliphatic rings. The lowest BCUT2D eigenvalue weighted by Gasteiger charge is -2.38. The lowest BCUT2D eigenvalue weighted by molar-refractivity contribution is -0.893. The van der Waals surface area contributed by atoms with Crippen molar-refractivity contribution in [2.75, 3.05) is 39.7 Å². The Labute approximate surface area is 148 Å². The number of rotatable bonds is 4. The number of non-ortho nitro benzene ring substituents is 1. The van der Waals surface area contributed by atoms with Gasteiger partial charge in [-0.3, -0.25) is 18.9 Å². The number of nitro benzene ring substituents is 1. The molecule has 0 radical (unpaired) electrons. The summed E-state index contributed by atoms with van der Waals surface area (Å²) in [4.78, 5) is 12.8. The standard InChI is InChI=1S/C13H20N3O2.CH4O4S.H3N/c1-10(16(2,3)4)14-8-7-11-5-6-12(15(17)18)9-13(11)14;1-5-6(2,3)4;/h5-6,9-10H,7-8H2,1-4H3;1H3,(H,2,3,4);1H3/q+1;;. The van der Waals surface area contributed by atoms with E-state index in [4.69, 9.17) is 4.55 Å². The zero-order valence-corrected chi connectivity index (χ0v) is 16.0. The first kappa shape index (κ1) is 23.2. The molecule has 2 rings (SSSR count). The zero-order valence-electron chi connectivity index (χ0n) is 15.2. The third-order valence-electron chi connectivity index (χ3n) is 3.99. The van der Waals surface area contributed by atoms with E-state index in [1.54, 1.807) is 12.1 Å². The lowest BCUT2D eigenvalue weighted by Crippen LogP contribution is -2.53. The molecule has 0 saturated heterocycles. The van der Waals surface area contributed by atoms with Crippen LogP contribution in [0.2, 0.25) is 0 Å². The van der Waals surface area contributed by atoms with E-state index in [-0.39, 0.29) is 16.8 Å². The van der Waals surface area contributed by atoms with Crippen molar-refractivity contribution in [3.05, 3.63) is 33.9 Å². The van der Waals surface area contributed by atoms with Crippen molar-refractivity contribution in [2.24, 2.45) is 0 Å². The molecule has 1 atom stereocenters. The summed E-state index contributed by atoms with van der Waals surface area (Å²) in [6.07, 6.45) is 1.27. The average molecular weight is 379 g/mol. The number of fused-ring (bicyclic) bond motifs is 1. The molecule has 0 bridgehead atoms. The van der Waals surface area contributed by atoms with Gasteiger partial charge in [0.2, 0.25) is 0 Å². The van der Waals surface area contributed by atoms with E-state index in [0.717, 1.165) is 30.2 Å². The van der Waals surface area contributed by atoms with Gasteiger partial charge in [0, 0.05) is 25.6 Å². The topological polar surface area (TPSA) is 145 Å². The molecule has 1 aromatic rings. The van der Waals surface area contributed by atoms with Crippen LogP contribution in [-0.2, 0) is 21.0 Å². The highest BCUT2D eigenvalue weighted by molar-refractivity contribution is 7.80. The van der Waals surface area contributed by atoms with E-state index in [1.807, 2.05) is 6.07 Å². The molecule has 144 valence electrons. The summed E-state index contributed by atoms with van der Waals surface area (Å²) in [6.45, 7) is 3.10. The number of benzene rings is 1. The monoisotopic (exact) mass is 379 g/mol. The highest BCUT2D eigenvalue weighted by atomic mass is 32.3. The molecule has 0 saturated carbocycles. The molecule has 25 heavy (non-hydrogen) atoms. The summed E-state index contributed by atoms with van der Waals surface area (Å²) < 4.78 is 30.5. The second-order valence-corrected chi connectivity index (χ2v) is 7.54. The molecule has 11 heteroatoms. The largest absolute Gasteiger partial charge is 0.397 e. The predicted molar refractivity (Wildman–Crippen MR) is 95.2 cm³/mol. The van der Waals surface area contributed by atoms with E-state index in [2.05, 4.69) is 37.1 Å². The highest BCUT2D eigenvalue weighted by Crippen LogP contribution is 2.34. The third-order valence-corrected chi connectivity index (χ3v) is 4.42. The Morgan fingerprint density at radius 2 is 1.88 bits per heavy atom. The van der Waals surface area contributed by atoms with Crippen molar-refractivity contribution in [1.29, 1.82) is 0 Å². The summed E-state index contributed by atoms with van der Waals surface area (Å²) in [5.41, 5.74) is 2.40. The summed E-state index contributed by atoms with van der Waals surface area (Å²) in [6, 6.07) is 5.18. The molecule has 1 aliphatic heterocycles. The number of hydrogen-bond acceptors (Lipinski definition) is 7. The van der Waals surface area contributed by atoms with Gasteiger partial charge in [-0.2, -0.15) is 8.42 Å². The minimum atomic E-state index is -4.16. The molecular formula is C14H27N4O6S+. The minimum absolute atomic E-state index is 0. The van der Waals surface area contributed by atoms with Gasteiger partial charge in [-0.1, -0.05) is 6.07 Å². The van der Waals surface area contributed by atoms with Crippen molar-refractivity contribution < 1.29 is 26.6 Å². The fourth-order valence-corrected chi connectivity index (χ4v) is 2.31. The van der Waals surface area contributed by atoms with Gasteiger partial charge >= 0.3 is 10.4 Å². The Bertz CT molecular complexity index is 702. The fourth-order valence-electron chi connectivity index (χ4n) is 2.31. The Balaban J connectivity index is 0.000000715. The van der Waals surface area contributed by atoms with Crippen molar-refractivity contribution in [3.63, 3.8) is 0 Å². The highest BCUT2D eigenvalue weighted by Gasteiger charge is 2.32. The van der Waals surface area contributed by atoms with E-state index in [0.29, 0.717) is 6.17 Å². The molecular weight excluding hydrogens is 352 g/mol. The second kappa shape index (κ2) is 8.54. The third kappa shape index (κ3) is 6.55. The Hall–Kier alpha value is -1.79. The molecule has 0 aromatic heterocycles. The van der Waals surface area contributed by atoms with Gasteiger partial charge < -0.3 is 15.5 Å². The Morgan fingerprint density at radius 1 is 1.36 bits per heavy atom. The van der Waals surface area contributed by atoms with Gasteiger partial charge in [0.05, 0.1) is 38.9 Å². The number of quaternary nitrogens is 1. The van der Waals surface area contributed by atoms with Crippen LogP contribution in [0, 0.1) is 10.1 Å². The minimum Gasteiger partial charge on any atom is -0.344 e. The van der Waals surface area contributed by atoms with Crippen LogP contribution in [-0.4, -0.2) is 63.3 Å². The van der Waals surface area contributed by atoms with Crippen LogP contribution in [0.25, 0.3) is 0 Å². The first-order valence-electron chi connectivity index (χ1n) is 7.25. The van der Waals surface area contributed by atoms with E-state index in [9.17, 15) is 18.5 Å². The Kier molecular flexibility index (Phi) is 7.93. The maximum atomic E-state index is 10.9. The van der Waals surface area contributed by atoms with Gasteiger partial charge in [0.15, 0.2) is 6.17 Å². The first-order valence-corrected chi connectivity index (χ1v) is 8.61. The van der Waals surface area contributed by atoms with E-state index >= 15 is 0 Å². The van der Waals surface area contributed by atoms with Gasteiger partial charge in [0.25, 0.3) is 5.69 Å². The molecule has 1 aromatic carbocycles. The molecule has 1 heterocycles. The normalized spacial score (nSPS) is 14.7. The molecule has 0 spiro atoms. The molecule has 0 aliphatic carbocycles. The van der Waals surface area contributed by atoms with Crippen LogP contribution in [0.15, 0.2) is 18.2 Å². The van der Waals surface area contributed by atoms with Crippen LogP contribution in [0.3, 0.4) is 0 Å². The SMILES string of the molecule is CC(N1CCc2ccc([N+](=O)[O-])cc21)[N+](C)(C)C.COS(=O)(=O)O.N. The maximum absolute atomic E-state index is 10.9. The molecule has 0 amide bonds. The molecule has 1 unspecified atom stereocenters. The quantitative estimate of drug-likeness (QED) is 0.347. The van der Waals surface area contributed by atoms with Gasteiger partial charge in [-0.15, -0.1) is 0 Å². The van der Waals surface area contributed by atoms with Gasteiger partial charge in [-0.05, 0) is 12.0 Å². The van der Waals surface area contributed by atoms with Crippen LogP contribution < -0.4 is 11.1 Å². The second-order valence-electron chi connectivity index (χ2n) is 6.36. The molecule has 4 N–H and O–H groups in total. The zero-order chi connectivity index (χ0) is 18.7. The van der Waals surface area contributed by atoms with Crippen molar-refractivity contribution in [2.45, 2.75) is 19.5 Å². The van der Waals surface area contributed by atoms with Gasteiger partial charge in [-0.25, -0.2) is 0 Å². The maximum Gasteiger partial charge on any atom is 0.397 e. The number of nitro groups is 1. The number of hydrogen-bond donors (Lipinski definition) is 2. The number of anilines is 1. The molecule has 10 nitrogen and oxygen atoms in total. The predicted octanol–water partition coefficient (Wildman–Crippen LogP) is 1.61. The van der Waals surface area contributed by atoms with E-state index < -0.39 is 10.4 Å². The first-order chi connectivity index (χ1) is 10.9. The van der Waals surface area contributed by atoms with Crippen LogP contribution in [0.4, 0.5) is 11.4 Å². The lowest BCUT2D eigenvalue weighted by atomic mass is 10.1. The average Bonchev–Trinajstić information content (AvgIpc) is 2.88. The van der Waals surface area contributed by atoms with Crippen molar-refractivity contribution in [3.8, 4) is 0 Å². The van der Waals surface area contributed by atoms with Gasteiger partial charge in [0.1, 0.15) is 0 Å². The molecule has 0 fully saturated rings.